The monoisotopic (exact) mass is 755 g/mol. The smallest absolute Gasteiger partial charge is 0.306 e. The number of ether oxygens (including phenoxy) is 3. The number of rotatable bonds is 41. The highest BCUT2D eigenvalue weighted by atomic mass is 16.6. The van der Waals surface area contributed by atoms with Gasteiger partial charge in [-0.25, -0.2) is 0 Å². The molecule has 0 bridgehead atoms. The molecule has 0 aromatic carbocycles. The molecule has 0 saturated heterocycles. The SMILES string of the molecule is CC/C=C\C/C=C\C/C=C\C/C=C\C/C=C\CCCC(=O)OCC(COCCCCCCCCCCCC)OC(=O)CCCCCCCCCCCCC. The van der Waals surface area contributed by atoms with Gasteiger partial charge in [-0.1, -0.05) is 204 Å². The molecular weight excluding hydrogens is 669 g/mol. The number of carbonyl (C=O) groups excluding carboxylic acids is 2. The molecule has 0 heterocycles. The summed E-state index contributed by atoms with van der Waals surface area (Å²) >= 11 is 0. The number of carbonyl (C=O) groups is 2. The van der Waals surface area contributed by atoms with E-state index in [1.165, 1.54) is 109 Å². The maximum absolute atomic E-state index is 12.7. The van der Waals surface area contributed by atoms with Crippen molar-refractivity contribution in [3.8, 4) is 0 Å². The molecular formula is C49H86O5. The highest BCUT2D eigenvalue weighted by Gasteiger charge is 2.17. The largest absolute Gasteiger partial charge is 0.462 e. The average Bonchev–Trinajstić information content (AvgIpc) is 3.17. The minimum atomic E-state index is -0.553. The Morgan fingerprint density at radius 3 is 1.31 bits per heavy atom. The van der Waals surface area contributed by atoms with Gasteiger partial charge in [-0.15, -0.1) is 0 Å². The summed E-state index contributed by atoms with van der Waals surface area (Å²) in [4.78, 5) is 25.2. The second kappa shape index (κ2) is 45.0. The van der Waals surface area contributed by atoms with Crippen LogP contribution in [-0.2, 0) is 23.8 Å². The lowest BCUT2D eigenvalue weighted by atomic mass is 10.1. The molecule has 1 atom stereocenters. The lowest BCUT2D eigenvalue weighted by molar-refractivity contribution is -0.163. The molecule has 1 unspecified atom stereocenters. The van der Waals surface area contributed by atoms with Crippen molar-refractivity contribution in [3.05, 3.63) is 60.8 Å². The van der Waals surface area contributed by atoms with Gasteiger partial charge in [0.1, 0.15) is 6.61 Å². The molecule has 0 saturated carbocycles. The van der Waals surface area contributed by atoms with E-state index in [9.17, 15) is 9.59 Å². The van der Waals surface area contributed by atoms with Crippen molar-refractivity contribution in [3.63, 3.8) is 0 Å². The second-order valence-corrected chi connectivity index (χ2v) is 14.9. The third-order valence-corrected chi connectivity index (χ3v) is 9.57. The van der Waals surface area contributed by atoms with Crippen molar-refractivity contribution in [2.24, 2.45) is 0 Å². The van der Waals surface area contributed by atoms with Gasteiger partial charge < -0.3 is 14.2 Å². The van der Waals surface area contributed by atoms with Crippen LogP contribution in [0.25, 0.3) is 0 Å². The molecule has 0 radical (unpaired) electrons. The summed E-state index contributed by atoms with van der Waals surface area (Å²) < 4.78 is 17.2. The fourth-order valence-electron chi connectivity index (χ4n) is 6.19. The van der Waals surface area contributed by atoms with Crippen LogP contribution in [0, 0.1) is 0 Å². The highest BCUT2D eigenvalue weighted by Crippen LogP contribution is 2.14. The first-order valence-electron chi connectivity index (χ1n) is 22.8. The second-order valence-electron chi connectivity index (χ2n) is 14.9. The lowest BCUT2D eigenvalue weighted by Gasteiger charge is -2.18. The average molecular weight is 755 g/mol. The first-order valence-corrected chi connectivity index (χ1v) is 22.8. The molecule has 0 aromatic rings. The van der Waals surface area contributed by atoms with Crippen molar-refractivity contribution in [1.82, 2.24) is 0 Å². The summed E-state index contributed by atoms with van der Waals surface area (Å²) in [5, 5.41) is 0. The van der Waals surface area contributed by atoms with E-state index in [1.54, 1.807) is 0 Å². The predicted molar refractivity (Wildman–Crippen MR) is 233 cm³/mol. The summed E-state index contributed by atoms with van der Waals surface area (Å²) in [6.45, 7) is 7.65. The van der Waals surface area contributed by atoms with E-state index in [0.717, 1.165) is 70.6 Å². The topological polar surface area (TPSA) is 61.8 Å². The fourth-order valence-corrected chi connectivity index (χ4v) is 6.19. The number of hydrogen-bond acceptors (Lipinski definition) is 5. The molecule has 312 valence electrons. The Kier molecular flexibility index (Phi) is 43.0. The Morgan fingerprint density at radius 1 is 0.426 bits per heavy atom. The molecule has 0 aliphatic rings. The van der Waals surface area contributed by atoms with E-state index in [1.807, 2.05) is 0 Å². The Bertz CT molecular complexity index is 946. The van der Waals surface area contributed by atoms with Crippen molar-refractivity contribution in [2.75, 3.05) is 19.8 Å². The molecule has 0 aliphatic carbocycles. The number of hydrogen-bond donors (Lipinski definition) is 0. The molecule has 0 spiro atoms. The minimum Gasteiger partial charge on any atom is -0.462 e. The Morgan fingerprint density at radius 2 is 0.833 bits per heavy atom. The van der Waals surface area contributed by atoms with Gasteiger partial charge in [0.05, 0.1) is 6.61 Å². The normalized spacial score (nSPS) is 12.7. The van der Waals surface area contributed by atoms with Gasteiger partial charge in [0, 0.05) is 19.4 Å². The summed E-state index contributed by atoms with van der Waals surface area (Å²) in [6.07, 6.45) is 55.1. The van der Waals surface area contributed by atoms with Gasteiger partial charge in [0.2, 0.25) is 0 Å². The first kappa shape index (κ1) is 51.6. The standard InChI is InChI=1S/C49H86O5/c1-4-7-10-13-16-19-22-23-24-25-26-27-29-30-33-36-39-42-48(50)53-46-47(45-52-44-41-38-35-32-21-18-15-12-9-6-3)54-49(51)43-40-37-34-31-28-20-17-14-11-8-5-2/h7,10,16,19,23-24,26-27,30,33,47H,4-6,8-9,11-15,17-18,20-22,25,28-29,31-32,34-46H2,1-3H3/b10-7-,19-16-,24-23-,27-26-,33-30-. The van der Waals surface area contributed by atoms with Gasteiger partial charge >= 0.3 is 11.9 Å². The lowest BCUT2D eigenvalue weighted by Crippen LogP contribution is -2.30. The van der Waals surface area contributed by atoms with Crippen molar-refractivity contribution < 1.29 is 23.8 Å². The zero-order valence-electron chi connectivity index (χ0n) is 35.7. The van der Waals surface area contributed by atoms with Crippen molar-refractivity contribution in [1.29, 1.82) is 0 Å². The Hall–Kier alpha value is -2.40. The van der Waals surface area contributed by atoms with Gasteiger partial charge in [0.15, 0.2) is 6.10 Å². The maximum Gasteiger partial charge on any atom is 0.306 e. The molecule has 0 amide bonds. The Balaban J connectivity index is 4.31. The number of allylic oxidation sites excluding steroid dienone is 10. The van der Waals surface area contributed by atoms with E-state index in [-0.39, 0.29) is 25.2 Å². The van der Waals surface area contributed by atoms with E-state index >= 15 is 0 Å². The van der Waals surface area contributed by atoms with Crippen LogP contribution in [0.15, 0.2) is 60.8 Å². The van der Waals surface area contributed by atoms with Crippen LogP contribution in [0.3, 0.4) is 0 Å². The molecule has 0 aromatic heterocycles. The Labute approximate surface area is 334 Å². The van der Waals surface area contributed by atoms with Crippen LogP contribution in [0.4, 0.5) is 0 Å². The van der Waals surface area contributed by atoms with Crippen molar-refractivity contribution in [2.45, 2.75) is 219 Å². The molecule has 5 heteroatoms. The van der Waals surface area contributed by atoms with Crippen LogP contribution in [-0.4, -0.2) is 37.9 Å². The van der Waals surface area contributed by atoms with Crippen molar-refractivity contribution >= 4 is 11.9 Å². The van der Waals surface area contributed by atoms with E-state index in [2.05, 4.69) is 81.5 Å². The van der Waals surface area contributed by atoms with Crippen LogP contribution in [0.5, 0.6) is 0 Å². The summed E-state index contributed by atoms with van der Waals surface area (Å²) in [7, 11) is 0. The number of unbranched alkanes of at least 4 members (excludes halogenated alkanes) is 20. The molecule has 0 N–H and O–H groups in total. The first-order chi connectivity index (χ1) is 26.6. The van der Waals surface area contributed by atoms with Gasteiger partial charge in [0.25, 0.3) is 0 Å². The molecule has 0 fully saturated rings. The zero-order chi connectivity index (χ0) is 39.3. The van der Waals surface area contributed by atoms with Crippen LogP contribution in [0.1, 0.15) is 213 Å². The quantitative estimate of drug-likeness (QED) is 0.0353. The predicted octanol–water partition coefficient (Wildman–Crippen LogP) is 15.0. The van der Waals surface area contributed by atoms with Gasteiger partial charge in [-0.2, -0.15) is 0 Å². The fraction of sp³-hybridized carbons (Fsp3) is 0.755. The molecule has 54 heavy (non-hydrogen) atoms. The highest BCUT2D eigenvalue weighted by molar-refractivity contribution is 5.70. The summed E-state index contributed by atoms with van der Waals surface area (Å²) in [6, 6.07) is 0. The van der Waals surface area contributed by atoms with Gasteiger partial charge in [-0.05, 0) is 57.8 Å². The van der Waals surface area contributed by atoms with E-state index < -0.39 is 6.10 Å². The summed E-state index contributed by atoms with van der Waals surface area (Å²) in [5.74, 6) is -0.462. The third-order valence-electron chi connectivity index (χ3n) is 9.57. The number of esters is 2. The zero-order valence-corrected chi connectivity index (χ0v) is 35.7. The third kappa shape index (κ3) is 42.3. The molecule has 0 rings (SSSR count). The maximum atomic E-state index is 12.7. The van der Waals surface area contributed by atoms with Gasteiger partial charge in [-0.3, -0.25) is 9.59 Å². The minimum absolute atomic E-state index is 0.0581. The van der Waals surface area contributed by atoms with Crippen LogP contribution >= 0.6 is 0 Å². The summed E-state index contributed by atoms with van der Waals surface area (Å²) in [5.41, 5.74) is 0. The van der Waals surface area contributed by atoms with E-state index in [0.29, 0.717) is 19.4 Å². The van der Waals surface area contributed by atoms with Crippen LogP contribution < -0.4 is 0 Å². The molecule has 5 nitrogen and oxygen atoms in total. The van der Waals surface area contributed by atoms with E-state index in [4.69, 9.17) is 14.2 Å². The molecule has 0 aliphatic heterocycles. The van der Waals surface area contributed by atoms with Crippen LogP contribution in [0.2, 0.25) is 0 Å².